The van der Waals surface area contributed by atoms with Crippen LogP contribution in [-0.2, 0) is 0 Å². The number of ether oxygens (including phenoxy) is 3. The zero-order valence-corrected chi connectivity index (χ0v) is 15.3. The van der Waals surface area contributed by atoms with Gasteiger partial charge in [-0.1, -0.05) is 34.8 Å². The molecule has 0 saturated carbocycles. The third-order valence-electron chi connectivity index (χ3n) is 3.53. The van der Waals surface area contributed by atoms with Crippen molar-refractivity contribution in [2.45, 2.75) is 12.3 Å². The van der Waals surface area contributed by atoms with Crippen LogP contribution in [0.25, 0.3) is 6.08 Å². The van der Waals surface area contributed by atoms with E-state index in [4.69, 9.17) is 49.0 Å². The van der Waals surface area contributed by atoms with Crippen LogP contribution in [0, 0.1) is 0 Å². The number of fused-ring (bicyclic) bond motifs is 1. The Hall–Kier alpha value is -1.76. The van der Waals surface area contributed by atoms with Gasteiger partial charge in [0, 0.05) is 6.07 Å². The van der Waals surface area contributed by atoms with Crippen molar-refractivity contribution in [2.24, 2.45) is 0 Å². The number of hydrogen-bond acceptors (Lipinski definition) is 3. The van der Waals surface area contributed by atoms with Gasteiger partial charge in [-0.25, -0.2) is 0 Å². The summed E-state index contributed by atoms with van der Waals surface area (Å²) in [6.07, 6.45) is -4.61. The van der Waals surface area contributed by atoms with Crippen molar-refractivity contribution in [2.75, 3.05) is 7.11 Å². The Labute approximate surface area is 161 Å². The summed E-state index contributed by atoms with van der Waals surface area (Å²) < 4.78 is 54.5. The summed E-state index contributed by atoms with van der Waals surface area (Å²) in [6, 6.07) is 5.94. The minimum Gasteiger partial charge on any atom is -0.497 e. The van der Waals surface area contributed by atoms with Crippen molar-refractivity contribution in [1.29, 1.82) is 0 Å². The Morgan fingerprint density at radius 1 is 1.04 bits per heavy atom. The Morgan fingerprint density at radius 3 is 2.38 bits per heavy atom. The second-order valence-electron chi connectivity index (χ2n) is 5.25. The molecule has 0 radical (unpaired) electrons. The lowest BCUT2D eigenvalue weighted by atomic mass is 10.1. The number of rotatable bonds is 3. The first-order valence-electron chi connectivity index (χ1n) is 7.15. The molecule has 0 bridgehead atoms. The smallest absolute Gasteiger partial charge is 0.429 e. The first-order chi connectivity index (χ1) is 12.2. The molecular formula is C17H10Cl3F3O3. The SMILES string of the molecule is COc1ccc(Oc2c(Cl)cc(Cl)c3c2C=CC(C(F)(F)F)O3)c(Cl)c1. The van der Waals surface area contributed by atoms with Crippen LogP contribution in [0.5, 0.6) is 23.0 Å². The van der Waals surface area contributed by atoms with E-state index in [1.807, 2.05) is 0 Å². The molecule has 0 N–H and O–H groups in total. The molecule has 0 fully saturated rings. The maximum absolute atomic E-state index is 12.9. The molecule has 0 spiro atoms. The summed E-state index contributed by atoms with van der Waals surface area (Å²) in [7, 11) is 1.48. The fraction of sp³-hybridized carbons (Fsp3) is 0.176. The zero-order chi connectivity index (χ0) is 19.1. The molecule has 0 saturated heterocycles. The molecule has 1 unspecified atom stereocenters. The summed E-state index contributed by atoms with van der Waals surface area (Å²) in [5.41, 5.74) is 0.190. The Morgan fingerprint density at radius 2 is 1.77 bits per heavy atom. The van der Waals surface area contributed by atoms with E-state index in [0.29, 0.717) is 5.75 Å². The van der Waals surface area contributed by atoms with E-state index >= 15 is 0 Å². The average molecular weight is 426 g/mol. The van der Waals surface area contributed by atoms with E-state index in [-0.39, 0.29) is 37.9 Å². The number of hydrogen-bond donors (Lipinski definition) is 0. The lowest BCUT2D eigenvalue weighted by molar-refractivity contribution is -0.180. The molecule has 3 nitrogen and oxygen atoms in total. The zero-order valence-electron chi connectivity index (χ0n) is 13.0. The fourth-order valence-corrected chi connectivity index (χ4v) is 3.07. The molecular weight excluding hydrogens is 416 g/mol. The van der Waals surface area contributed by atoms with Crippen LogP contribution in [0.2, 0.25) is 15.1 Å². The van der Waals surface area contributed by atoms with Crippen molar-refractivity contribution in [3.05, 3.63) is 51.0 Å². The topological polar surface area (TPSA) is 27.7 Å². The van der Waals surface area contributed by atoms with Crippen LogP contribution in [-0.4, -0.2) is 19.4 Å². The third kappa shape index (κ3) is 3.68. The van der Waals surface area contributed by atoms with Crippen LogP contribution in [0.4, 0.5) is 13.2 Å². The van der Waals surface area contributed by atoms with Gasteiger partial charge in [0.05, 0.1) is 27.7 Å². The molecule has 1 atom stereocenters. The predicted molar refractivity (Wildman–Crippen MR) is 94.0 cm³/mol. The minimum absolute atomic E-state index is 0.0585. The lowest BCUT2D eigenvalue weighted by Gasteiger charge is -2.26. The average Bonchev–Trinajstić information content (AvgIpc) is 2.58. The van der Waals surface area contributed by atoms with Gasteiger partial charge < -0.3 is 14.2 Å². The molecule has 138 valence electrons. The summed E-state index contributed by atoms with van der Waals surface area (Å²) in [4.78, 5) is 0. The highest BCUT2D eigenvalue weighted by atomic mass is 35.5. The van der Waals surface area contributed by atoms with Crippen molar-refractivity contribution >= 4 is 40.9 Å². The molecule has 1 aliphatic heterocycles. The Bertz CT molecular complexity index is 882. The van der Waals surface area contributed by atoms with Gasteiger partial charge in [-0.15, -0.1) is 0 Å². The van der Waals surface area contributed by atoms with Gasteiger partial charge in [0.1, 0.15) is 17.2 Å². The highest BCUT2D eigenvalue weighted by Crippen LogP contribution is 2.48. The fourth-order valence-electron chi connectivity index (χ4n) is 2.30. The largest absolute Gasteiger partial charge is 0.497 e. The van der Waals surface area contributed by atoms with Crippen molar-refractivity contribution in [1.82, 2.24) is 0 Å². The maximum Gasteiger partial charge on any atom is 0.429 e. The van der Waals surface area contributed by atoms with Crippen molar-refractivity contribution < 1.29 is 27.4 Å². The van der Waals surface area contributed by atoms with E-state index in [9.17, 15) is 13.2 Å². The predicted octanol–water partition coefficient (Wildman–Crippen LogP) is 6.78. The van der Waals surface area contributed by atoms with Crippen LogP contribution in [0.1, 0.15) is 5.56 Å². The summed E-state index contributed by atoms with van der Waals surface area (Å²) >= 11 is 18.3. The Kier molecular flexibility index (Phi) is 5.19. The second kappa shape index (κ2) is 7.10. The van der Waals surface area contributed by atoms with Gasteiger partial charge in [0.15, 0.2) is 5.75 Å². The molecule has 3 rings (SSSR count). The first-order valence-corrected chi connectivity index (χ1v) is 8.29. The lowest BCUT2D eigenvalue weighted by Crippen LogP contribution is -2.34. The van der Waals surface area contributed by atoms with Gasteiger partial charge in [-0.05, 0) is 30.4 Å². The maximum atomic E-state index is 12.9. The molecule has 9 heteroatoms. The first kappa shape index (κ1) is 19.0. The second-order valence-corrected chi connectivity index (χ2v) is 6.47. The molecule has 0 aromatic heterocycles. The number of halogens is 6. The van der Waals surface area contributed by atoms with E-state index in [2.05, 4.69) is 0 Å². The number of alkyl halides is 3. The highest BCUT2D eigenvalue weighted by molar-refractivity contribution is 6.37. The monoisotopic (exact) mass is 424 g/mol. The summed E-state index contributed by atoms with van der Waals surface area (Å²) in [5, 5.41) is 0.272. The van der Waals surface area contributed by atoms with Crippen LogP contribution in [0.15, 0.2) is 30.3 Å². The van der Waals surface area contributed by atoms with Crippen LogP contribution < -0.4 is 14.2 Å². The third-order valence-corrected chi connectivity index (χ3v) is 4.39. The molecule has 1 aliphatic rings. The minimum atomic E-state index is -4.57. The normalized spacial score (nSPS) is 16.0. The van der Waals surface area contributed by atoms with Crippen LogP contribution >= 0.6 is 34.8 Å². The van der Waals surface area contributed by atoms with Gasteiger partial charge in [-0.3, -0.25) is 0 Å². The van der Waals surface area contributed by atoms with Crippen molar-refractivity contribution in [3.63, 3.8) is 0 Å². The van der Waals surface area contributed by atoms with Gasteiger partial charge >= 0.3 is 6.18 Å². The van der Waals surface area contributed by atoms with Gasteiger partial charge in [-0.2, -0.15) is 13.2 Å². The Balaban J connectivity index is 2.03. The molecule has 1 heterocycles. The van der Waals surface area contributed by atoms with Gasteiger partial charge in [0.25, 0.3) is 0 Å². The molecule has 26 heavy (non-hydrogen) atoms. The van der Waals surface area contributed by atoms with Crippen molar-refractivity contribution in [3.8, 4) is 23.0 Å². The number of methoxy groups -OCH3 is 1. The number of benzene rings is 2. The van der Waals surface area contributed by atoms with E-state index in [1.165, 1.54) is 25.3 Å². The standard InChI is InChI=1S/C17H10Cl3F3O3/c1-24-8-2-4-13(10(18)6-8)25-15-9-3-5-14(17(21,22)23)26-16(9)12(20)7-11(15)19/h2-7,14H,1H3. The highest BCUT2D eigenvalue weighted by Gasteiger charge is 2.42. The summed E-state index contributed by atoms with van der Waals surface area (Å²) in [6.45, 7) is 0. The van der Waals surface area contributed by atoms with E-state index in [1.54, 1.807) is 12.1 Å². The molecule has 2 aromatic carbocycles. The summed E-state index contributed by atoms with van der Waals surface area (Å²) in [5.74, 6) is 0.670. The van der Waals surface area contributed by atoms with E-state index < -0.39 is 12.3 Å². The molecule has 0 amide bonds. The van der Waals surface area contributed by atoms with E-state index in [0.717, 1.165) is 6.08 Å². The molecule has 0 aliphatic carbocycles. The van der Waals surface area contributed by atoms with Crippen LogP contribution in [0.3, 0.4) is 0 Å². The molecule has 2 aromatic rings. The van der Waals surface area contributed by atoms with Gasteiger partial charge in [0.2, 0.25) is 6.10 Å². The quantitative estimate of drug-likeness (QED) is 0.542.